The molecule has 3 aliphatic rings. The van der Waals surface area contributed by atoms with Crippen molar-refractivity contribution in [1.82, 2.24) is 9.80 Å². The van der Waals surface area contributed by atoms with Gasteiger partial charge in [-0.2, -0.15) is 13.2 Å². The number of halogens is 4. The van der Waals surface area contributed by atoms with Crippen LogP contribution in [0.4, 0.5) is 18.9 Å². The lowest BCUT2D eigenvalue weighted by Crippen LogP contribution is -2.49. The van der Waals surface area contributed by atoms with Crippen LogP contribution in [0.3, 0.4) is 0 Å². The van der Waals surface area contributed by atoms with E-state index in [-0.39, 0.29) is 5.02 Å². The molecule has 3 nitrogen and oxygen atoms in total. The molecule has 0 unspecified atom stereocenters. The first-order valence-electron chi connectivity index (χ1n) is 9.98. The molecule has 1 aliphatic carbocycles. The zero-order valence-electron chi connectivity index (χ0n) is 15.5. The summed E-state index contributed by atoms with van der Waals surface area (Å²) >= 11 is 5.87. The van der Waals surface area contributed by atoms with Crippen LogP contribution in [-0.4, -0.2) is 61.7 Å². The molecule has 27 heavy (non-hydrogen) atoms. The van der Waals surface area contributed by atoms with E-state index < -0.39 is 11.7 Å². The molecule has 1 saturated carbocycles. The zero-order valence-corrected chi connectivity index (χ0v) is 16.3. The van der Waals surface area contributed by atoms with Crippen molar-refractivity contribution in [3.63, 3.8) is 0 Å². The highest BCUT2D eigenvalue weighted by Crippen LogP contribution is 2.37. The highest BCUT2D eigenvalue weighted by Gasteiger charge is 2.34. The maximum absolute atomic E-state index is 12.9. The van der Waals surface area contributed by atoms with Gasteiger partial charge in [0.25, 0.3) is 0 Å². The van der Waals surface area contributed by atoms with Gasteiger partial charge in [0.1, 0.15) is 0 Å². The molecular weight excluding hydrogens is 375 g/mol. The third-order valence-electron chi connectivity index (χ3n) is 6.13. The molecule has 4 rings (SSSR count). The molecule has 7 heteroatoms. The average Bonchev–Trinajstić information content (AvgIpc) is 3.47. The number of piperidine rings is 1. The SMILES string of the molecule is FC(F)(F)c1ccc(N2CCN(C[C@@H]3CCCN(C4CC4)C3)CC2)cc1Cl. The van der Waals surface area contributed by atoms with Gasteiger partial charge in [-0.3, -0.25) is 4.90 Å². The molecule has 0 spiro atoms. The van der Waals surface area contributed by atoms with Crippen LogP contribution in [0, 0.1) is 5.92 Å². The second-order valence-corrected chi connectivity index (χ2v) is 8.59. The maximum atomic E-state index is 12.9. The summed E-state index contributed by atoms with van der Waals surface area (Å²) < 4.78 is 38.6. The largest absolute Gasteiger partial charge is 0.417 e. The Hall–Kier alpha value is -0.980. The predicted octanol–water partition coefficient (Wildman–Crippen LogP) is 4.36. The quantitative estimate of drug-likeness (QED) is 0.742. The summed E-state index contributed by atoms with van der Waals surface area (Å²) in [5, 5.41) is -0.218. The maximum Gasteiger partial charge on any atom is 0.417 e. The Balaban J connectivity index is 1.29. The minimum atomic E-state index is -4.40. The number of piperazine rings is 1. The summed E-state index contributed by atoms with van der Waals surface area (Å²) in [4.78, 5) is 7.33. The van der Waals surface area contributed by atoms with E-state index in [4.69, 9.17) is 11.6 Å². The first kappa shape index (κ1) is 19.3. The van der Waals surface area contributed by atoms with E-state index in [9.17, 15) is 13.2 Å². The van der Waals surface area contributed by atoms with Gasteiger partial charge in [0.2, 0.25) is 0 Å². The fourth-order valence-electron chi connectivity index (χ4n) is 4.50. The van der Waals surface area contributed by atoms with Gasteiger partial charge in [0, 0.05) is 51.0 Å². The summed E-state index contributed by atoms with van der Waals surface area (Å²) in [5.41, 5.74) is 0.0225. The lowest BCUT2D eigenvalue weighted by molar-refractivity contribution is -0.137. The van der Waals surface area contributed by atoms with Gasteiger partial charge in [0.15, 0.2) is 0 Å². The van der Waals surface area contributed by atoms with E-state index in [1.54, 1.807) is 6.07 Å². The van der Waals surface area contributed by atoms with Crippen LogP contribution < -0.4 is 4.90 Å². The number of anilines is 1. The minimum absolute atomic E-state index is 0.218. The molecule has 0 aromatic heterocycles. The van der Waals surface area contributed by atoms with Gasteiger partial charge in [0.05, 0.1) is 10.6 Å². The molecule has 0 N–H and O–H groups in total. The van der Waals surface area contributed by atoms with Crippen molar-refractivity contribution in [2.24, 2.45) is 5.92 Å². The van der Waals surface area contributed by atoms with E-state index in [1.165, 1.54) is 44.8 Å². The van der Waals surface area contributed by atoms with Crippen molar-refractivity contribution in [3.05, 3.63) is 28.8 Å². The average molecular weight is 402 g/mol. The highest BCUT2D eigenvalue weighted by atomic mass is 35.5. The zero-order chi connectivity index (χ0) is 19.0. The topological polar surface area (TPSA) is 9.72 Å². The van der Waals surface area contributed by atoms with Crippen LogP contribution in [0.25, 0.3) is 0 Å². The molecule has 0 radical (unpaired) electrons. The molecule has 150 valence electrons. The van der Waals surface area contributed by atoms with Crippen molar-refractivity contribution in [2.75, 3.05) is 50.7 Å². The summed E-state index contributed by atoms with van der Waals surface area (Å²) in [6, 6.07) is 4.95. The van der Waals surface area contributed by atoms with Gasteiger partial charge in [-0.25, -0.2) is 0 Å². The number of benzene rings is 1. The normalized spacial score (nSPS) is 25.8. The minimum Gasteiger partial charge on any atom is -0.369 e. The van der Waals surface area contributed by atoms with Gasteiger partial charge in [-0.1, -0.05) is 11.6 Å². The van der Waals surface area contributed by atoms with E-state index in [0.29, 0.717) is 0 Å². The van der Waals surface area contributed by atoms with E-state index >= 15 is 0 Å². The molecule has 2 aliphatic heterocycles. The lowest BCUT2D eigenvalue weighted by Gasteiger charge is -2.40. The third-order valence-corrected chi connectivity index (χ3v) is 6.44. The van der Waals surface area contributed by atoms with Crippen molar-refractivity contribution in [1.29, 1.82) is 0 Å². The number of likely N-dealkylation sites (tertiary alicyclic amines) is 1. The van der Waals surface area contributed by atoms with Crippen molar-refractivity contribution >= 4 is 17.3 Å². The Morgan fingerprint density at radius 1 is 1.00 bits per heavy atom. The van der Waals surface area contributed by atoms with E-state index in [2.05, 4.69) is 14.7 Å². The Morgan fingerprint density at radius 3 is 2.37 bits per heavy atom. The van der Waals surface area contributed by atoms with E-state index in [0.717, 1.165) is 56.4 Å². The lowest BCUT2D eigenvalue weighted by atomic mass is 9.97. The Morgan fingerprint density at radius 2 is 1.74 bits per heavy atom. The summed E-state index contributed by atoms with van der Waals surface area (Å²) in [7, 11) is 0. The Kier molecular flexibility index (Phi) is 5.59. The number of rotatable bonds is 4. The second-order valence-electron chi connectivity index (χ2n) is 8.18. The van der Waals surface area contributed by atoms with Gasteiger partial charge in [-0.15, -0.1) is 0 Å². The molecule has 1 aromatic carbocycles. The highest BCUT2D eigenvalue weighted by molar-refractivity contribution is 6.31. The number of hydrogen-bond donors (Lipinski definition) is 0. The van der Waals surface area contributed by atoms with Crippen LogP contribution >= 0.6 is 11.6 Å². The van der Waals surface area contributed by atoms with Crippen molar-refractivity contribution in [2.45, 2.75) is 37.9 Å². The molecule has 2 saturated heterocycles. The number of nitrogens with zero attached hydrogens (tertiary/aromatic N) is 3. The standard InChI is InChI=1S/C20H27ClF3N3/c21-19-12-17(5-6-18(19)20(22,23)24)26-10-8-25(9-11-26)13-15-2-1-7-27(14-15)16-3-4-16/h5-6,12,15-16H,1-4,7-11,13-14H2/t15-/m0/s1. The Labute approximate surface area is 164 Å². The van der Waals surface area contributed by atoms with Crippen molar-refractivity contribution < 1.29 is 13.2 Å². The van der Waals surface area contributed by atoms with Gasteiger partial charge >= 0.3 is 6.18 Å². The first-order chi connectivity index (χ1) is 12.9. The monoisotopic (exact) mass is 401 g/mol. The number of hydrogen-bond acceptors (Lipinski definition) is 3. The second kappa shape index (κ2) is 7.80. The van der Waals surface area contributed by atoms with Gasteiger partial charge in [-0.05, 0) is 56.3 Å². The summed E-state index contributed by atoms with van der Waals surface area (Å²) in [5.74, 6) is 0.756. The first-order valence-corrected chi connectivity index (χ1v) is 10.4. The fraction of sp³-hybridized carbons (Fsp3) is 0.700. The van der Waals surface area contributed by atoms with Gasteiger partial charge < -0.3 is 9.80 Å². The van der Waals surface area contributed by atoms with Crippen LogP contribution in [-0.2, 0) is 6.18 Å². The summed E-state index contributed by atoms with van der Waals surface area (Å²) in [6.07, 6.45) is 0.980. The fourth-order valence-corrected chi connectivity index (χ4v) is 4.78. The third kappa shape index (κ3) is 4.72. The van der Waals surface area contributed by atoms with Crippen LogP contribution in [0.5, 0.6) is 0 Å². The number of alkyl halides is 3. The molecular formula is C20H27ClF3N3. The smallest absolute Gasteiger partial charge is 0.369 e. The molecule has 1 atom stereocenters. The molecule has 2 heterocycles. The van der Waals surface area contributed by atoms with E-state index in [1.807, 2.05) is 0 Å². The molecule has 0 amide bonds. The summed E-state index contributed by atoms with van der Waals surface area (Å²) in [6.45, 7) is 7.23. The predicted molar refractivity (Wildman–Crippen MR) is 102 cm³/mol. The Bertz CT molecular complexity index is 654. The molecule has 0 bridgehead atoms. The molecule has 3 fully saturated rings. The van der Waals surface area contributed by atoms with Crippen LogP contribution in [0.2, 0.25) is 5.02 Å². The van der Waals surface area contributed by atoms with Crippen LogP contribution in [0.1, 0.15) is 31.2 Å². The van der Waals surface area contributed by atoms with Crippen LogP contribution in [0.15, 0.2) is 18.2 Å². The molecule has 1 aromatic rings. The van der Waals surface area contributed by atoms with Crippen molar-refractivity contribution in [3.8, 4) is 0 Å².